The van der Waals surface area contributed by atoms with Crippen molar-refractivity contribution < 1.29 is 23.7 Å². The third-order valence-electron chi connectivity index (χ3n) is 4.28. The van der Waals surface area contributed by atoms with Gasteiger partial charge in [-0.1, -0.05) is 17.7 Å². The molecule has 1 atom stereocenters. The van der Waals surface area contributed by atoms with E-state index in [1.807, 2.05) is 12.1 Å². The maximum atomic E-state index is 12.6. The molecule has 136 valence electrons. The summed E-state index contributed by atoms with van der Waals surface area (Å²) in [6.45, 7) is 2.06. The fourth-order valence-electron chi connectivity index (χ4n) is 2.96. The smallest absolute Gasteiger partial charge is 0.254 e. The van der Waals surface area contributed by atoms with Gasteiger partial charge in [0.05, 0.1) is 13.2 Å². The number of nitrogens with zero attached hydrogens (tertiary/aromatic N) is 1. The van der Waals surface area contributed by atoms with E-state index in [1.165, 1.54) is 0 Å². The lowest BCUT2D eigenvalue weighted by Crippen LogP contribution is -2.47. The van der Waals surface area contributed by atoms with E-state index in [9.17, 15) is 4.79 Å². The van der Waals surface area contributed by atoms with Crippen molar-refractivity contribution in [2.75, 3.05) is 33.1 Å². The molecule has 0 aliphatic carbocycles. The SMILES string of the molecule is O=C(c1cccc(Cl)c1)N1CCOC(COc2ccc3c(c2)OCO3)C1. The number of rotatable bonds is 4. The molecule has 2 aliphatic heterocycles. The highest BCUT2D eigenvalue weighted by Crippen LogP contribution is 2.35. The van der Waals surface area contributed by atoms with E-state index < -0.39 is 0 Å². The molecule has 26 heavy (non-hydrogen) atoms. The number of amides is 1. The summed E-state index contributed by atoms with van der Waals surface area (Å²) in [6, 6.07) is 12.4. The highest BCUT2D eigenvalue weighted by Gasteiger charge is 2.26. The first-order valence-corrected chi connectivity index (χ1v) is 8.76. The predicted octanol–water partition coefficient (Wildman–Crippen LogP) is 2.99. The van der Waals surface area contributed by atoms with Crippen molar-refractivity contribution in [1.82, 2.24) is 4.90 Å². The van der Waals surface area contributed by atoms with Gasteiger partial charge < -0.3 is 23.8 Å². The van der Waals surface area contributed by atoms with Gasteiger partial charge in [0.1, 0.15) is 18.5 Å². The fourth-order valence-corrected chi connectivity index (χ4v) is 3.15. The monoisotopic (exact) mass is 375 g/mol. The molecule has 2 aliphatic rings. The van der Waals surface area contributed by atoms with Gasteiger partial charge in [-0.05, 0) is 30.3 Å². The quantitative estimate of drug-likeness (QED) is 0.822. The normalized spacial score (nSPS) is 18.7. The minimum atomic E-state index is -0.197. The van der Waals surface area contributed by atoms with Gasteiger partial charge in [-0.3, -0.25) is 4.79 Å². The topological polar surface area (TPSA) is 57.2 Å². The van der Waals surface area contributed by atoms with Crippen LogP contribution in [-0.2, 0) is 4.74 Å². The summed E-state index contributed by atoms with van der Waals surface area (Å²) in [4.78, 5) is 14.4. The lowest BCUT2D eigenvalue weighted by molar-refractivity contribution is -0.0401. The summed E-state index contributed by atoms with van der Waals surface area (Å²) >= 11 is 5.98. The van der Waals surface area contributed by atoms with E-state index in [0.717, 1.165) is 0 Å². The van der Waals surface area contributed by atoms with Gasteiger partial charge >= 0.3 is 0 Å². The zero-order valence-corrected chi connectivity index (χ0v) is 14.8. The highest BCUT2D eigenvalue weighted by molar-refractivity contribution is 6.30. The van der Waals surface area contributed by atoms with Crippen LogP contribution in [0.1, 0.15) is 10.4 Å². The maximum absolute atomic E-state index is 12.6. The van der Waals surface area contributed by atoms with Crippen LogP contribution in [0, 0.1) is 0 Å². The summed E-state index contributed by atoms with van der Waals surface area (Å²) in [5.74, 6) is 2.01. The van der Waals surface area contributed by atoms with Crippen molar-refractivity contribution in [2.24, 2.45) is 0 Å². The zero-order chi connectivity index (χ0) is 17.9. The summed E-state index contributed by atoms with van der Waals surface area (Å²) in [5, 5.41) is 0.548. The van der Waals surface area contributed by atoms with Crippen LogP contribution in [0.3, 0.4) is 0 Å². The first kappa shape index (κ1) is 17.0. The van der Waals surface area contributed by atoms with Crippen LogP contribution in [0.15, 0.2) is 42.5 Å². The highest BCUT2D eigenvalue weighted by atomic mass is 35.5. The number of ether oxygens (including phenoxy) is 4. The van der Waals surface area contributed by atoms with E-state index >= 15 is 0 Å². The maximum Gasteiger partial charge on any atom is 0.254 e. The summed E-state index contributed by atoms with van der Waals surface area (Å²) < 4.78 is 22.2. The minimum Gasteiger partial charge on any atom is -0.491 e. The Morgan fingerprint density at radius 2 is 2.08 bits per heavy atom. The van der Waals surface area contributed by atoms with E-state index in [1.54, 1.807) is 35.2 Å². The third kappa shape index (κ3) is 3.71. The Kier molecular flexibility index (Phi) is 4.86. The number of carbonyl (C=O) groups excluding carboxylic acids is 1. The standard InChI is InChI=1S/C19H18ClNO5/c20-14-3-1-2-13(8-14)19(22)21-6-7-23-16(10-21)11-24-15-4-5-17-18(9-15)26-12-25-17/h1-5,8-9,16H,6-7,10-12H2. The Hall–Kier alpha value is -2.44. The number of fused-ring (bicyclic) bond motifs is 1. The van der Waals surface area contributed by atoms with Gasteiger partial charge in [-0.2, -0.15) is 0 Å². The first-order chi connectivity index (χ1) is 12.7. The number of benzene rings is 2. The van der Waals surface area contributed by atoms with Crippen molar-refractivity contribution >= 4 is 17.5 Å². The molecule has 2 aromatic carbocycles. The van der Waals surface area contributed by atoms with Crippen LogP contribution < -0.4 is 14.2 Å². The van der Waals surface area contributed by atoms with Crippen LogP contribution in [0.5, 0.6) is 17.2 Å². The summed E-state index contributed by atoms with van der Waals surface area (Å²) in [6.07, 6.45) is -0.197. The van der Waals surface area contributed by atoms with E-state index in [4.69, 9.17) is 30.5 Å². The second kappa shape index (κ2) is 7.43. The van der Waals surface area contributed by atoms with E-state index in [0.29, 0.717) is 54.1 Å². The number of halogens is 1. The van der Waals surface area contributed by atoms with Gasteiger partial charge in [-0.25, -0.2) is 0 Å². The molecule has 1 saturated heterocycles. The molecule has 4 rings (SSSR count). The molecule has 0 bridgehead atoms. The Balaban J connectivity index is 1.35. The Labute approximate surface area is 156 Å². The van der Waals surface area contributed by atoms with Crippen molar-refractivity contribution in [3.63, 3.8) is 0 Å². The number of hydrogen-bond donors (Lipinski definition) is 0. The number of hydrogen-bond acceptors (Lipinski definition) is 5. The molecule has 1 amide bonds. The summed E-state index contributed by atoms with van der Waals surface area (Å²) in [5.41, 5.74) is 0.579. The Bertz CT molecular complexity index is 812. The predicted molar refractivity (Wildman–Crippen MR) is 95.2 cm³/mol. The van der Waals surface area contributed by atoms with E-state index in [2.05, 4.69) is 0 Å². The average Bonchev–Trinajstić information content (AvgIpc) is 3.14. The van der Waals surface area contributed by atoms with Crippen molar-refractivity contribution in [3.05, 3.63) is 53.1 Å². The third-order valence-corrected chi connectivity index (χ3v) is 4.51. The zero-order valence-electron chi connectivity index (χ0n) is 14.0. The van der Waals surface area contributed by atoms with Crippen LogP contribution >= 0.6 is 11.6 Å². The number of morpholine rings is 1. The van der Waals surface area contributed by atoms with Crippen LogP contribution in [-0.4, -0.2) is 50.0 Å². The van der Waals surface area contributed by atoms with Crippen molar-refractivity contribution in [1.29, 1.82) is 0 Å². The minimum absolute atomic E-state index is 0.0520. The van der Waals surface area contributed by atoms with E-state index in [-0.39, 0.29) is 18.8 Å². The van der Waals surface area contributed by atoms with Gasteiger partial charge in [-0.15, -0.1) is 0 Å². The molecule has 0 radical (unpaired) electrons. The van der Waals surface area contributed by atoms with Gasteiger partial charge in [0.25, 0.3) is 5.91 Å². The van der Waals surface area contributed by atoms with Gasteiger partial charge in [0, 0.05) is 23.2 Å². The first-order valence-electron chi connectivity index (χ1n) is 8.38. The van der Waals surface area contributed by atoms with Gasteiger partial charge in [0.2, 0.25) is 6.79 Å². The van der Waals surface area contributed by atoms with Gasteiger partial charge in [0.15, 0.2) is 11.5 Å². The second-order valence-corrected chi connectivity index (χ2v) is 6.52. The molecular weight excluding hydrogens is 358 g/mol. The molecule has 2 aromatic rings. The lowest BCUT2D eigenvalue weighted by atomic mass is 10.1. The summed E-state index contributed by atoms with van der Waals surface area (Å²) in [7, 11) is 0. The van der Waals surface area contributed by atoms with Crippen molar-refractivity contribution in [3.8, 4) is 17.2 Å². The Morgan fingerprint density at radius 1 is 1.19 bits per heavy atom. The lowest BCUT2D eigenvalue weighted by Gasteiger charge is -2.33. The van der Waals surface area contributed by atoms with Crippen LogP contribution in [0.4, 0.5) is 0 Å². The second-order valence-electron chi connectivity index (χ2n) is 6.08. The molecule has 0 saturated carbocycles. The molecule has 7 heteroatoms. The molecule has 0 aromatic heterocycles. The fraction of sp³-hybridized carbons (Fsp3) is 0.316. The van der Waals surface area contributed by atoms with Crippen LogP contribution in [0.2, 0.25) is 5.02 Å². The van der Waals surface area contributed by atoms with Crippen LogP contribution in [0.25, 0.3) is 0 Å². The molecular formula is C19H18ClNO5. The average molecular weight is 376 g/mol. The number of carbonyl (C=O) groups is 1. The molecule has 2 heterocycles. The molecule has 1 unspecified atom stereocenters. The molecule has 0 N–H and O–H groups in total. The molecule has 0 spiro atoms. The largest absolute Gasteiger partial charge is 0.491 e. The molecule has 1 fully saturated rings. The Morgan fingerprint density at radius 3 is 2.96 bits per heavy atom. The van der Waals surface area contributed by atoms with Crippen molar-refractivity contribution in [2.45, 2.75) is 6.10 Å². The molecule has 6 nitrogen and oxygen atoms in total.